The molecule has 4 unspecified atom stereocenters. The number of benzene rings is 1. The summed E-state index contributed by atoms with van der Waals surface area (Å²) < 4.78 is 0. The highest BCUT2D eigenvalue weighted by Crippen LogP contribution is 2.65. The Morgan fingerprint density at radius 1 is 1.02 bits per heavy atom. The molecular formula is C31H43N5O5. The minimum absolute atomic E-state index is 0.0819. The highest BCUT2D eigenvalue weighted by atomic mass is 16.2. The summed E-state index contributed by atoms with van der Waals surface area (Å²) in [6.07, 6.45) is 3.53. The number of rotatable bonds is 9. The zero-order valence-electron chi connectivity index (χ0n) is 24.7. The number of hydrogen-bond acceptors (Lipinski definition) is 5. The first-order valence-corrected chi connectivity index (χ1v) is 14.8. The monoisotopic (exact) mass is 565 g/mol. The van der Waals surface area contributed by atoms with Gasteiger partial charge in [-0.1, -0.05) is 51.0 Å². The van der Waals surface area contributed by atoms with E-state index in [4.69, 9.17) is 5.73 Å². The molecule has 0 bridgehead atoms. The quantitative estimate of drug-likeness (QED) is 0.336. The van der Waals surface area contributed by atoms with Gasteiger partial charge in [-0.15, -0.1) is 0 Å². The van der Waals surface area contributed by atoms with Crippen LogP contribution in [0.5, 0.6) is 0 Å². The highest BCUT2D eigenvalue weighted by molar-refractivity contribution is 6.37. The van der Waals surface area contributed by atoms with Crippen molar-refractivity contribution >= 4 is 29.5 Å². The Kier molecular flexibility index (Phi) is 7.40. The van der Waals surface area contributed by atoms with Gasteiger partial charge in [0.05, 0.1) is 6.04 Å². The Balaban J connectivity index is 1.39. The Morgan fingerprint density at radius 3 is 2.17 bits per heavy atom. The number of Topliss-reactive ketones (excluding diaryl/α,β-unsaturated/α-hetero) is 1. The zero-order valence-corrected chi connectivity index (χ0v) is 24.7. The molecule has 0 radical (unpaired) electrons. The van der Waals surface area contributed by atoms with Crippen LogP contribution in [0.3, 0.4) is 0 Å². The number of hydrogen-bond donors (Lipinski definition) is 4. The fourth-order valence-corrected chi connectivity index (χ4v) is 7.07. The molecule has 1 aliphatic heterocycles. The van der Waals surface area contributed by atoms with Crippen molar-refractivity contribution in [3.63, 3.8) is 0 Å². The number of nitrogens with one attached hydrogen (secondary N) is 3. The van der Waals surface area contributed by atoms with Crippen molar-refractivity contribution in [2.45, 2.75) is 90.4 Å². The van der Waals surface area contributed by atoms with Gasteiger partial charge in [-0.25, -0.2) is 4.79 Å². The molecule has 3 aliphatic carbocycles. The predicted octanol–water partition coefficient (Wildman–Crippen LogP) is 1.69. The topological polar surface area (TPSA) is 151 Å². The molecule has 5 N–H and O–H groups in total. The van der Waals surface area contributed by atoms with Crippen molar-refractivity contribution < 1.29 is 24.0 Å². The number of nitrogens with zero attached hydrogens (tertiary/aromatic N) is 1. The molecule has 1 heterocycles. The molecule has 5 amide bonds. The van der Waals surface area contributed by atoms with E-state index in [2.05, 4.69) is 29.8 Å². The van der Waals surface area contributed by atoms with Crippen LogP contribution in [0.4, 0.5) is 4.79 Å². The number of carbonyl (C=O) groups excluding carboxylic acids is 5. The molecule has 5 rings (SSSR count). The summed E-state index contributed by atoms with van der Waals surface area (Å²) in [6, 6.07) is 4.96. The third-order valence-corrected chi connectivity index (χ3v) is 9.50. The fourth-order valence-electron chi connectivity index (χ4n) is 7.07. The standard InChI is InChI=1S/C31H43N5O5/c1-30(2,3)35-29(41)34-23(19-13-17-8-6-7-9-18(17)14-19)28(40)36-15-20-22(31(20,4)5)24(36)27(39)33-21(12-16-10-11-16)25(37)26(32)38/h6-9,16,19-24H,10-15H2,1-5H3,(H2,32,38)(H,33,39)(H2,34,35,41)/t20?,21?,22?,23?,24-/m0/s1. The van der Waals surface area contributed by atoms with E-state index >= 15 is 0 Å². The van der Waals surface area contributed by atoms with E-state index in [9.17, 15) is 24.0 Å². The third kappa shape index (κ3) is 5.97. The molecule has 1 saturated heterocycles. The largest absolute Gasteiger partial charge is 0.363 e. The number of carbonyl (C=O) groups is 5. The molecule has 222 valence electrons. The minimum Gasteiger partial charge on any atom is -0.363 e. The lowest BCUT2D eigenvalue weighted by Crippen LogP contribution is -2.61. The molecule has 1 aromatic carbocycles. The van der Waals surface area contributed by atoms with Crippen LogP contribution in [0.25, 0.3) is 0 Å². The molecule has 0 spiro atoms. The van der Waals surface area contributed by atoms with Gasteiger partial charge in [0.15, 0.2) is 0 Å². The Morgan fingerprint density at radius 2 is 1.63 bits per heavy atom. The lowest BCUT2D eigenvalue weighted by atomic mass is 9.93. The van der Waals surface area contributed by atoms with Crippen LogP contribution in [-0.4, -0.2) is 64.6 Å². The summed E-state index contributed by atoms with van der Waals surface area (Å²) in [7, 11) is 0. The van der Waals surface area contributed by atoms with Crippen molar-refractivity contribution in [2.75, 3.05) is 6.54 Å². The van der Waals surface area contributed by atoms with Crippen LogP contribution in [0.15, 0.2) is 24.3 Å². The van der Waals surface area contributed by atoms with Crippen LogP contribution < -0.4 is 21.7 Å². The van der Waals surface area contributed by atoms with Gasteiger partial charge in [-0.05, 0) is 80.2 Å². The number of urea groups is 1. The molecule has 2 saturated carbocycles. The van der Waals surface area contributed by atoms with Crippen LogP contribution in [-0.2, 0) is 32.0 Å². The maximum atomic E-state index is 14.4. The van der Waals surface area contributed by atoms with Gasteiger partial charge < -0.3 is 26.6 Å². The lowest BCUT2D eigenvalue weighted by Gasteiger charge is -2.35. The molecule has 10 heteroatoms. The van der Waals surface area contributed by atoms with Gasteiger partial charge in [0.2, 0.25) is 17.6 Å². The van der Waals surface area contributed by atoms with Crippen molar-refractivity contribution in [2.24, 2.45) is 34.8 Å². The average molecular weight is 566 g/mol. The van der Waals surface area contributed by atoms with Crippen LogP contribution >= 0.6 is 0 Å². The van der Waals surface area contributed by atoms with E-state index in [1.54, 1.807) is 4.90 Å². The Hall–Kier alpha value is -3.43. The SMILES string of the molecule is CC(C)(C)NC(=O)NC(C(=O)N1CC2C([C@H]1C(=O)NC(CC1CC1)C(=O)C(N)=O)C2(C)C)C1Cc2ccccc2C1. The van der Waals surface area contributed by atoms with Gasteiger partial charge in [0.1, 0.15) is 12.1 Å². The first-order chi connectivity index (χ1) is 19.2. The summed E-state index contributed by atoms with van der Waals surface area (Å²) in [4.78, 5) is 67.2. The van der Waals surface area contributed by atoms with Gasteiger partial charge >= 0.3 is 6.03 Å². The number of nitrogens with two attached hydrogens (primary N) is 1. The molecule has 41 heavy (non-hydrogen) atoms. The number of likely N-dealkylation sites (tertiary alicyclic amines) is 1. The third-order valence-electron chi connectivity index (χ3n) is 9.50. The molecule has 0 aromatic heterocycles. The van der Waals surface area contributed by atoms with Gasteiger partial charge in [0, 0.05) is 12.1 Å². The van der Waals surface area contributed by atoms with Crippen molar-refractivity contribution in [1.82, 2.24) is 20.9 Å². The number of ketones is 1. The number of fused-ring (bicyclic) bond motifs is 2. The second kappa shape index (κ2) is 10.4. The van der Waals surface area contributed by atoms with Gasteiger partial charge in [-0.3, -0.25) is 19.2 Å². The normalized spacial score (nSPS) is 25.9. The van der Waals surface area contributed by atoms with Crippen LogP contribution in [0, 0.1) is 29.1 Å². The summed E-state index contributed by atoms with van der Waals surface area (Å²) in [5.74, 6) is -2.47. The predicted molar refractivity (Wildman–Crippen MR) is 152 cm³/mol. The van der Waals surface area contributed by atoms with Gasteiger partial charge in [-0.2, -0.15) is 0 Å². The summed E-state index contributed by atoms with van der Waals surface area (Å²) >= 11 is 0. The van der Waals surface area contributed by atoms with Crippen molar-refractivity contribution in [1.29, 1.82) is 0 Å². The van der Waals surface area contributed by atoms with E-state index in [0.717, 1.165) is 24.0 Å². The molecule has 10 nitrogen and oxygen atoms in total. The van der Waals surface area contributed by atoms with Crippen molar-refractivity contribution in [3.05, 3.63) is 35.4 Å². The smallest absolute Gasteiger partial charge is 0.315 e. The summed E-state index contributed by atoms with van der Waals surface area (Å²) in [5.41, 5.74) is 6.97. The van der Waals surface area contributed by atoms with E-state index in [0.29, 0.717) is 25.8 Å². The average Bonchev–Trinajstić information content (AvgIpc) is 3.63. The second-order valence-corrected chi connectivity index (χ2v) is 14.1. The van der Waals surface area contributed by atoms with E-state index in [1.165, 1.54) is 0 Å². The number of piperidine rings is 1. The number of amides is 5. The zero-order chi connectivity index (χ0) is 29.9. The minimum atomic E-state index is -1.07. The van der Waals surface area contributed by atoms with E-state index < -0.39 is 47.3 Å². The maximum Gasteiger partial charge on any atom is 0.315 e. The summed E-state index contributed by atoms with van der Waals surface area (Å²) in [6.45, 7) is 10.2. The van der Waals surface area contributed by atoms with Gasteiger partial charge in [0.25, 0.3) is 5.91 Å². The van der Waals surface area contributed by atoms with E-state index in [-0.39, 0.29) is 35.0 Å². The molecule has 1 aromatic rings. The Labute approximate surface area is 241 Å². The van der Waals surface area contributed by atoms with Crippen LogP contribution in [0.1, 0.15) is 65.0 Å². The second-order valence-electron chi connectivity index (χ2n) is 14.1. The molecule has 5 atom stereocenters. The molecular weight excluding hydrogens is 522 g/mol. The van der Waals surface area contributed by atoms with Crippen LogP contribution in [0.2, 0.25) is 0 Å². The summed E-state index contributed by atoms with van der Waals surface area (Å²) in [5, 5.41) is 8.66. The van der Waals surface area contributed by atoms with Crippen molar-refractivity contribution in [3.8, 4) is 0 Å². The highest BCUT2D eigenvalue weighted by Gasteiger charge is 2.69. The molecule has 4 aliphatic rings. The number of primary amides is 1. The fraction of sp³-hybridized carbons (Fsp3) is 0.645. The Bertz CT molecular complexity index is 1240. The maximum absolute atomic E-state index is 14.4. The van der Waals surface area contributed by atoms with E-state index in [1.807, 2.05) is 45.0 Å². The lowest BCUT2D eigenvalue weighted by molar-refractivity contribution is -0.144. The first-order valence-electron chi connectivity index (χ1n) is 14.8. The molecule has 3 fully saturated rings. The first kappa shape index (κ1) is 29.1.